The number of hydrogen-bond donors (Lipinski definition) is 1. The molecule has 4 aromatic rings. The van der Waals surface area contributed by atoms with Gasteiger partial charge in [-0.3, -0.25) is 4.79 Å². The Morgan fingerprint density at radius 3 is 2.70 bits per heavy atom. The number of methoxy groups -OCH3 is 1. The zero-order valence-electron chi connectivity index (χ0n) is 19.2. The van der Waals surface area contributed by atoms with Crippen molar-refractivity contribution in [3.05, 3.63) is 81.4 Å². The molecular weight excluding hydrogens is 434 g/mol. The summed E-state index contributed by atoms with van der Waals surface area (Å²) in [6.07, 6.45) is 3.26. The molecule has 33 heavy (non-hydrogen) atoms. The first-order valence-corrected chi connectivity index (χ1v) is 11.6. The van der Waals surface area contributed by atoms with Gasteiger partial charge in [0, 0.05) is 35.2 Å². The molecule has 0 aliphatic carbocycles. The van der Waals surface area contributed by atoms with E-state index in [1.807, 2.05) is 24.3 Å². The summed E-state index contributed by atoms with van der Waals surface area (Å²) in [6.45, 7) is 6.97. The lowest BCUT2D eigenvalue weighted by molar-refractivity contribution is 0.0946. The molecular formula is C25H27N5O2S. The minimum absolute atomic E-state index is 0.188. The molecule has 0 aliphatic rings. The van der Waals surface area contributed by atoms with Crippen molar-refractivity contribution >= 4 is 17.2 Å². The first kappa shape index (κ1) is 22.8. The van der Waals surface area contributed by atoms with E-state index >= 15 is 0 Å². The van der Waals surface area contributed by atoms with Gasteiger partial charge in [-0.2, -0.15) is 9.78 Å². The molecule has 1 amide bonds. The van der Waals surface area contributed by atoms with Crippen LogP contribution < -0.4 is 5.32 Å². The van der Waals surface area contributed by atoms with Crippen molar-refractivity contribution in [2.75, 3.05) is 13.7 Å². The van der Waals surface area contributed by atoms with Crippen molar-refractivity contribution in [1.82, 2.24) is 25.1 Å². The summed E-state index contributed by atoms with van der Waals surface area (Å²) in [4.78, 5) is 24.6. The van der Waals surface area contributed by atoms with Gasteiger partial charge in [0.25, 0.3) is 11.9 Å². The second kappa shape index (κ2) is 10.1. The fraction of sp³-hybridized carbons (Fsp3) is 0.280. The maximum Gasteiger partial charge on any atom is 0.254 e. The number of nitrogens with one attached hydrogen (secondary N) is 1. The van der Waals surface area contributed by atoms with Gasteiger partial charge in [-0.1, -0.05) is 37.3 Å². The summed E-state index contributed by atoms with van der Waals surface area (Å²) < 4.78 is 6.96. The molecule has 1 atom stereocenters. The van der Waals surface area contributed by atoms with Crippen LogP contribution >= 0.6 is 11.3 Å². The lowest BCUT2D eigenvalue weighted by atomic mass is 10.0. The van der Waals surface area contributed by atoms with Crippen LogP contribution in [0.4, 0.5) is 0 Å². The number of aromatic nitrogens is 4. The second-order valence-corrected chi connectivity index (χ2v) is 9.40. The number of nitrogens with zero attached hydrogens (tertiary/aromatic N) is 4. The number of benzene rings is 1. The van der Waals surface area contributed by atoms with E-state index in [-0.39, 0.29) is 18.4 Å². The van der Waals surface area contributed by atoms with Crippen LogP contribution in [0.3, 0.4) is 0 Å². The monoisotopic (exact) mass is 461 g/mol. The van der Waals surface area contributed by atoms with Crippen molar-refractivity contribution in [2.45, 2.75) is 33.3 Å². The number of thiophene rings is 1. The Labute approximate surface area is 197 Å². The molecule has 7 nitrogen and oxygen atoms in total. The molecule has 0 radical (unpaired) electrons. The van der Waals surface area contributed by atoms with E-state index in [0.717, 1.165) is 11.3 Å². The molecule has 3 heterocycles. The summed E-state index contributed by atoms with van der Waals surface area (Å²) >= 11 is 1.74. The largest absolute Gasteiger partial charge is 0.378 e. The van der Waals surface area contributed by atoms with Crippen LogP contribution in [0.25, 0.3) is 17.2 Å². The zero-order chi connectivity index (χ0) is 23.4. The van der Waals surface area contributed by atoms with Gasteiger partial charge in [0.15, 0.2) is 0 Å². The van der Waals surface area contributed by atoms with E-state index in [1.165, 1.54) is 15.3 Å². The predicted molar refractivity (Wildman–Crippen MR) is 130 cm³/mol. The van der Waals surface area contributed by atoms with Crippen molar-refractivity contribution < 1.29 is 9.53 Å². The highest BCUT2D eigenvalue weighted by Crippen LogP contribution is 2.29. The summed E-state index contributed by atoms with van der Waals surface area (Å²) in [5.74, 6) is 0.393. The normalized spacial score (nSPS) is 12.0. The SMILES string of the molecule is COCc1c(C(=O)NC[C@@H](C)c2ccccc2)cnn1-c1nccc(-c2cc(C)sc2C)n1. The van der Waals surface area contributed by atoms with Crippen LogP contribution in [-0.2, 0) is 11.3 Å². The third-order valence-corrected chi connectivity index (χ3v) is 6.45. The van der Waals surface area contributed by atoms with Gasteiger partial charge < -0.3 is 10.1 Å². The lowest BCUT2D eigenvalue weighted by Gasteiger charge is -2.13. The van der Waals surface area contributed by atoms with Crippen LogP contribution in [0, 0.1) is 13.8 Å². The smallest absolute Gasteiger partial charge is 0.254 e. The van der Waals surface area contributed by atoms with Gasteiger partial charge in [-0.15, -0.1) is 11.3 Å². The average molecular weight is 462 g/mol. The number of amides is 1. The fourth-order valence-corrected chi connectivity index (χ4v) is 4.67. The molecule has 0 saturated heterocycles. The van der Waals surface area contributed by atoms with Crippen LogP contribution in [0.2, 0.25) is 0 Å². The van der Waals surface area contributed by atoms with Gasteiger partial charge in [0.05, 0.1) is 29.8 Å². The highest BCUT2D eigenvalue weighted by molar-refractivity contribution is 7.12. The minimum Gasteiger partial charge on any atom is -0.378 e. The number of carbonyl (C=O) groups is 1. The highest BCUT2D eigenvalue weighted by atomic mass is 32.1. The molecule has 0 fully saturated rings. The molecule has 0 spiro atoms. The summed E-state index contributed by atoms with van der Waals surface area (Å²) in [5, 5.41) is 7.45. The van der Waals surface area contributed by atoms with E-state index < -0.39 is 0 Å². The number of hydrogen-bond acceptors (Lipinski definition) is 6. The van der Waals surface area contributed by atoms with Crippen LogP contribution in [0.5, 0.6) is 0 Å². The van der Waals surface area contributed by atoms with Crippen LogP contribution in [0.15, 0.2) is 54.9 Å². The Bertz CT molecular complexity index is 1250. The van der Waals surface area contributed by atoms with Gasteiger partial charge in [-0.25, -0.2) is 9.97 Å². The van der Waals surface area contributed by atoms with Crippen molar-refractivity contribution in [2.24, 2.45) is 0 Å². The Balaban J connectivity index is 1.59. The second-order valence-electron chi connectivity index (χ2n) is 7.94. The maximum atomic E-state index is 13.0. The Morgan fingerprint density at radius 2 is 2.00 bits per heavy atom. The van der Waals surface area contributed by atoms with Crippen molar-refractivity contribution in [1.29, 1.82) is 0 Å². The molecule has 170 valence electrons. The van der Waals surface area contributed by atoms with Gasteiger partial charge >= 0.3 is 0 Å². The molecule has 0 aliphatic heterocycles. The summed E-state index contributed by atoms with van der Waals surface area (Å²) in [5.41, 5.74) is 4.14. The molecule has 4 rings (SSSR count). The summed E-state index contributed by atoms with van der Waals surface area (Å²) in [6, 6.07) is 14.1. The third-order valence-electron chi connectivity index (χ3n) is 5.48. The van der Waals surface area contributed by atoms with E-state index in [1.54, 1.807) is 35.5 Å². The molecule has 0 bridgehead atoms. The van der Waals surface area contributed by atoms with E-state index in [4.69, 9.17) is 9.72 Å². The number of carbonyl (C=O) groups excluding carboxylic acids is 1. The van der Waals surface area contributed by atoms with Crippen molar-refractivity contribution in [3.8, 4) is 17.2 Å². The van der Waals surface area contributed by atoms with Gasteiger partial charge in [-0.05, 0) is 37.5 Å². The maximum absolute atomic E-state index is 13.0. The van der Waals surface area contributed by atoms with E-state index in [2.05, 4.69) is 54.4 Å². The Hall–Kier alpha value is -3.36. The quantitative estimate of drug-likeness (QED) is 0.412. The molecule has 0 unspecified atom stereocenters. The van der Waals surface area contributed by atoms with E-state index in [0.29, 0.717) is 23.8 Å². The zero-order valence-corrected chi connectivity index (χ0v) is 20.0. The number of ether oxygens (including phenoxy) is 1. The first-order chi connectivity index (χ1) is 16.0. The molecule has 1 aromatic carbocycles. The first-order valence-electron chi connectivity index (χ1n) is 10.8. The summed E-state index contributed by atoms with van der Waals surface area (Å²) in [7, 11) is 1.59. The molecule has 3 aromatic heterocycles. The Morgan fingerprint density at radius 1 is 1.21 bits per heavy atom. The van der Waals surface area contributed by atoms with Gasteiger partial charge in [0.2, 0.25) is 0 Å². The highest BCUT2D eigenvalue weighted by Gasteiger charge is 2.21. The minimum atomic E-state index is -0.198. The fourth-order valence-electron chi connectivity index (χ4n) is 3.74. The molecule has 1 N–H and O–H groups in total. The third kappa shape index (κ3) is 5.02. The predicted octanol–water partition coefficient (Wildman–Crippen LogP) is 4.69. The number of rotatable bonds is 8. The van der Waals surface area contributed by atoms with E-state index in [9.17, 15) is 4.79 Å². The van der Waals surface area contributed by atoms with Crippen LogP contribution in [0.1, 0.15) is 44.2 Å². The molecule has 8 heteroatoms. The lowest BCUT2D eigenvalue weighted by Crippen LogP contribution is -2.28. The topological polar surface area (TPSA) is 81.9 Å². The Kier molecular flexibility index (Phi) is 6.96. The van der Waals surface area contributed by atoms with Gasteiger partial charge in [0.1, 0.15) is 0 Å². The average Bonchev–Trinajstić information content (AvgIpc) is 3.40. The van der Waals surface area contributed by atoms with Crippen LogP contribution in [-0.4, -0.2) is 39.3 Å². The molecule has 0 saturated carbocycles. The standard InChI is InChI=1S/C25H27N5O2S/c1-16(19-8-6-5-7-9-19)13-27-24(31)21-14-28-30(23(21)15-32-4)25-26-11-10-22(29-25)20-12-17(2)33-18(20)3/h5-12,14,16H,13,15H2,1-4H3,(H,27,31)/t16-/m1/s1. The van der Waals surface area contributed by atoms with Crippen molar-refractivity contribution in [3.63, 3.8) is 0 Å². The number of aryl methyl sites for hydroxylation is 2.